The molecule has 2 aromatic heterocycles. The maximum Gasteiger partial charge on any atom is 0.234 e. The van der Waals surface area contributed by atoms with Gasteiger partial charge in [0, 0.05) is 37.6 Å². The summed E-state index contributed by atoms with van der Waals surface area (Å²) >= 11 is 0. The van der Waals surface area contributed by atoms with Gasteiger partial charge in [0.1, 0.15) is 0 Å². The molecule has 3 rings (SSSR count). The zero-order valence-corrected chi connectivity index (χ0v) is 11.8. The van der Waals surface area contributed by atoms with Crippen LogP contribution in [0.3, 0.4) is 0 Å². The number of pyridine rings is 1. The first-order valence-corrected chi connectivity index (χ1v) is 6.99. The lowest BCUT2D eigenvalue weighted by Crippen LogP contribution is -2.49. The predicted octanol–water partition coefficient (Wildman–Crippen LogP) is 0.667. The smallest absolute Gasteiger partial charge is 0.234 e. The molecule has 1 aliphatic heterocycles. The molecular weight excluding hydrogens is 270 g/mol. The molecule has 0 bridgehead atoms. The van der Waals surface area contributed by atoms with Crippen LogP contribution < -0.4 is 5.32 Å². The number of hydrogen-bond acceptors (Lipinski definition) is 6. The Labute approximate surface area is 122 Å². The van der Waals surface area contributed by atoms with Gasteiger partial charge in [0.25, 0.3) is 0 Å². The third-order valence-corrected chi connectivity index (χ3v) is 3.41. The van der Waals surface area contributed by atoms with Crippen molar-refractivity contribution in [3.05, 3.63) is 30.4 Å². The van der Waals surface area contributed by atoms with E-state index in [2.05, 4.69) is 25.3 Å². The first-order chi connectivity index (χ1) is 10.3. The fourth-order valence-corrected chi connectivity index (χ4v) is 2.32. The Morgan fingerprint density at radius 1 is 1.52 bits per heavy atom. The van der Waals surface area contributed by atoms with Crippen LogP contribution in [0.1, 0.15) is 18.7 Å². The molecule has 7 heteroatoms. The standard InChI is InChI=1S/C14H17N5O2/c1-2-16-12(20)9-19-7-11(8-19)14-17-13(18-21-14)10-4-3-5-15-6-10/h3-6,11H,2,7-9H2,1H3,(H,16,20). The van der Waals surface area contributed by atoms with Crippen LogP contribution in [0.2, 0.25) is 0 Å². The molecule has 2 aromatic rings. The molecule has 1 aliphatic rings. The summed E-state index contributed by atoms with van der Waals surface area (Å²) in [4.78, 5) is 22.0. The maximum atomic E-state index is 11.5. The molecule has 1 saturated heterocycles. The first kappa shape index (κ1) is 13.7. The molecule has 0 saturated carbocycles. The summed E-state index contributed by atoms with van der Waals surface area (Å²) in [7, 11) is 0. The Kier molecular flexibility index (Phi) is 3.92. The van der Waals surface area contributed by atoms with Crippen molar-refractivity contribution in [1.82, 2.24) is 25.3 Å². The Morgan fingerprint density at radius 3 is 3.10 bits per heavy atom. The minimum atomic E-state index is 0.0533. The Hall–Kier alpha value is -2.28. The van der Waals surface area contributed by atoms with Crippen LogP contribution in [0, 0.1) is 0 Å². The van der Waals surface area contributed by atoms with Crippen molar-refractivity contribution >= 4 is 5.91 Å². The lowest BCUT2D eigenvalue weighted by molar-refractivity contribution is -0.123. The molecule has 0 radical (unpaired) electrons. The lowest BCUT2D eigenvalue weighted by atomic mass is 10.0. The lowest BCUT2D eigenvalue weighted by Gasteiger charge is -2.36. The van der Waals surface area contributed by atoms with Gasteiger partial charge >= 0.3 is 0 Å². The maximum absolute atomic E-state index is 11.5. The number of nitrogens with one attached hydrogen (secondary N) is 1. The number of hydrogen-bond donors (Lipinski definition) is 1. The number of carbonyl (C=O) groups excluding carboxylic acids is 1. The van der Waals surface area contributed by atoms with E-state index in [4.69, 9.17) is 4.52 Å². The Morgan fingerprint density at radius 2 is 2.38 bits per heavy atom. The topological polar surface area (TPSA) is 84.2 Å². The largest absolute Gasteiger partial charge is 0.355 e. The van der Waals surface area contributed by atoms with E-state index in [0.29, 0.717) is 24.8 Å². The second-order valence-corrected chi connectivity index (χ2v) is 5.04. The second-order valence-electron chi connectivity index (χ2n) is 5.04. The van der Waals surface area contributed by atoms with Gasteiger partial charge < -0.3 is 9.84 Å². The van der Waals surface area contributed by atoms with Crippen molar-refractivity contribution < 1.29 is 9.32 Å². The minimum absolute atomic E-state index is 0.0533. The summed E-state index contributed by atoms with van der Waals surface area (Å²) in [5.41, 5.74) is 0.839. The summed E-state index contributed by atoms with van der Waals surface area (Å²) in [6.07, 6.45) is 3.41. The number of aromatic nitrogens is 3. The molecule has 0 atom stereocenters. The van der Waals surface area contributed by atoms with Gasteiger partial charge in [0.2, 0.25) is 17.6 Å². The second kappa shape index (κ2) is 6.01. The fraction of sp³-hybridized carbons (Fsp3) is 0.429. The molecule has 1 N–H and O–H groups in total. The molecule has 1 amide bonds. The molecule has 7 nitrogen and oxygen atoms in total. The Bertz CT molecular complexity index is 607. The normalized spacial score (nSPS) is 15.7. The first-order valence-electron chi connectivity index (χ1n) is 6.99. The fourth-order valence-electron chi connectivity index (χ4n) is 2.32. The molecule has 21 heavy (non-hydrogen) atoms. The number of rotatable bonds is 5. The van der Waals surface area contributed by atoms with Crippen molar-refractivity contribution in [2.45, 2.75) is 12.8 Å². The van der Waals surface area contributed by atoms with Gasteiger partial charge in [0.05, 0.1) is 12.5 Å². The van der Waals surface area contributed by atoms with Crippen molar-refractivity contribution in [2.24, 2.45) is 0 Å². The molecule has 3 heterocycles. The third kappa shape index (κ3) is 3.08. The van der Waals surface area contributed by atoms with E-state index in [1.54, 1.807) is 12.4 Å². The van der Waals surface area contributed by atoms with Gasteiger partial charge in [-0.25, -0.2) is 0 Å². The van der Waals surface area contributed by atoms with E-state index in [1.807, 2.05) is 19.1 Å². The summed E-state index contributed by atoms with van der Waals surface area (Å²) in [5, 5.41) is 6.77. The van der Waals surface area contributed by atoms with Crippen molar-refractivity contribution in [3.63, 3.8) is 0 Å². The average molecular weight is 287 g/mol. The number of amides is 1. The minimum Gasteiger partial charge on any atom is -0.355 e. The summed E-state index contributed by atoms with van der Waals surface area (Å²) in [6, 6.07) is 3.73. The quantitative estimate of drug-likeness (QED) is 0.870. The number of likely N-dealkylation sites (N-methyl/N-ethyl adjacent to an activating group) is 1. The van der Waals surface area contributed by atoms with E-state index in [9.17, 15) is 4.79 Å². The summed E-state index contributed by atoms with van der Waals surface area (Å²) in [5.74, 6) is 1.44. The van der Waals surface area contributed by atoms with Crippen LogP contribution in [0.4, 0.5) is 0 Å². The van der Waals surface area contributed by atoms with Gasteiger partial charge in [-0.15, -0.1) is 0 Å². The highest BCUT2D eigenvalue weighted by Gasteiger charge is 2.33. The summed E-state index contributed by atoms with van der Waals surface area (Å²) in [6.45, 7) is 4.54. The van der Waals surface area contributed by atoms with Crippen LogP contribution in [-0.4, -0.2) is 52.1 Å². The van der Waals surface area contributed by atoms with E-state index >= 15 is 0 Å². The predicted molar refractivity (Wildman–Crippen MR) is 75.4 cm³/mol. The monoisotopic (exact) mass is 287 g/mol. The van der Waals surface area contributed by atoms with Crippen LogP contribution in [0.25, 0.3) is 11.4 Å². The molecule has 0 unspecified atom stereocenters. The van der Waals surface area contributed by atoms with E-state index < -0.39 is 0 Å². The van der Waals surface area contributed by atoms with Crippen LogP contribution >= 0.6 is 0 Å². The van der Waals surface area contributed by atoms with E-state index in [0.717, 1.165) is 18.7 Å². The molecule has 0 aliphatic carbocycles. The van der Waals surface area contributed by atoms with E-state index in [-0.39, 0.29) is 11.8 Å². The number of nitrogens with zero attached hydrogens (tertiary/aromatic N) is 4. The summed E-state index contributed by atoms with van der Waals surface area (Å²) < 4.78 is 5.31. The molecule has 1 fully saturated rings. The van der Waals surface area contributed by atoms with Gasteiger partial charge in [-0.3, -0.25) is 14.7 Å². The molecular formula is C14H17N5O2. The zero-order chi connectivity index (χ0) is 14.7. The van der Waals surface area contributed by atoms with Crippen molar-refractivity contribution in [1.29, 1.82) is 0 Å². The molecule has 110 valence electrons. The highest BCUT2D eigenvalue weighted by atomic mass is 16.5. The highest BCUT2D eigenvalue weighted by molar-refractivity contribution is 5.78. The van der Waals surface area contributed by atoms with Gasteiger partial charge in [0.15, 0.2) is 0 Å². The molecule has 0 spiro atoms. The average Bonchev–Trinajstić information content (AvgIpc) is 2.93. The van der Waals surface area contributed by atoms with Gasteiger partial charge in [-0.05, 0) is 19.1 Å². The van der Waals surface area contributed by atoms with Crippen molar-refractivity contribution in [3.8, 4) is 11.4 Å². The Balaban J connectivity index is 1.56. The zero-order valence-electron chi connectivity index (χ0n) is 11.8. The number of likely N-dealkylation sites (tertiary alicyclic amines) is 1. The molecule has 0 aromatic carbocycles. The van der Waals surface area contributed by atoms with Crippen LogP contribution in [0.15, 0.2) is 29.0 Å². The van der Waals surface area contributed by atoms with Crippen molar-refractivity contribution in [2.75, 3.05) is 26.2 Å². The SMILES string of the molecule is CCNC(=O)CN1CC(c2nc(-c3cccnc3)no2)C1. The van der Waals surface area contributed by atoms with Crippen LogP contribution in [-0.2, 0) is 4.79 Å². The number of carbonyl (C=O) groups is 1. The van der Waals surface area contributed by atoms with Crippen LogP contribution in [0.5, 0.6) is 0 Å². The highest BCUT2D eigenvalue weighted by Crippen LogP contribution is 2.26. The van der Waals surface area contributed by atoms with E-state index in [1.165, 1.54) is 0 Å². The third-order valence-electron chi connectivity index (χ3n) is 3.41. The van der Waals surface area contributed by atoms with Gasteiger partial charge in [-0.1, -0.05) is 5.16 Å². The van der Waals surface area contributed by atoms with Gasteiger partial charge in [-0.2, -0.15) is 4.98 Å².